The Hall–Kier alpha value is -1.88. The smallest absolute Gasteiger partial charge is 0.278 e. The van der Waals surface area contributed by atoms with Gasteiger partial charge in [0.1, 0.15) is 0 Å². The van der Waals surface area contributed by atoms with E-state index in [0.29, 0.717) is 0 Å². The molecular weight excluding hydrogens is 244 g/mol. The fraction of sp³-hybridized carbons (Fsp3) is 0.429. The standard InChI is InChI=1S/C14H20N2O3/c1-9(2)12(15)13(17)16-11(14(18)19)8-10-6-4-3-5-7-10/h3-7,9,11-12H,8,15H2,1-2H3,(H,16,17)(H,18,19)/t11-,12+/m1/s1. The van der Waals surface area contributed by atoms with Gasteiger partial charge < -0.3 is 21.0 Å². The lowest BCUT2D eigenvalue weighted by molar-refractivity contribution is -0.414. The molecule has 0 aliphatic heterocycles. The molecular formula is C14H20N2O3. The fourth-order valence-electron chi connectivity index (χ4n) is 1.62. The summed E-state index contributed by atoms with van der Waals surface area (Å²) in [5.41, 5.74) is 4.57. The number of hydrogen-bond donors (Lipinski definition) is 2. The van der Waals surface area contributed by atoms with Gasteiger partial charge in [0, 0.05) is 5.92 Å². The molecule has 0 fully saturated rings. The van der Waals surface area contributed by atoms with Gasteiger partial charge in [0.2, 0.25) is 0 Å². The molecule has 0 heterocycles. The highest BCUT2D eigenvalue weighted by atomic mass is 16.4. The number of carbonyl (C=O) groups excluding carboxylic acids is 2. The van der Waals surface area contributed by atoms with Crippen LogP contribution in [0.2, 0.25) is 0 Å². The molecule has 104 valence electrons. The van der Waals surface area contributed by atoms with Crippen molar-refractivity contribution in [1.82, 2.24) is 5.32 Å². The van der Waals surface area contributed by atoms with Crippen LogP contribution >= 0.6 is 0 Å². The molecule has 1 aromatic carbocycles. The maximum atomic E-state index is 11.8. The molecule has 0 aromatic heterocycles. The second-order valence-electron chi connectivity index (χ2n) is 4.92. The maximum absolute atomic E-state index is 11.8. The summed E-state index contributed by atoms with van der Waals surface area (Å²) < 4.78 is 0. The van der Waals surface area contributed by atoms with E-state index in [1.807, 2.05) is 44.2 Å². The minimum Gasteiger partial charge on any atom is -0.548 e. The Balaban J connectivity index is 2.69. The summed E-state index contributed by atoms with van der Waals surface area (Å²) in [6.07, 6.45) is 0.208. The molecule has 4 N–H and O–H groups in total. The quantitative estimate of drug-likeness (QED) is 0.670. The van der Waals surface area contributed by atoms with Crippen LogP contribution in [0, 0.1) is 5.92 Å². The molecule has 0 aliphatic carbocycles. The lowest BCUT2D eigenvalue weighted by Gasteiger charge is -2.22. The second kappa shape index (κ2) is 6.89. The van der Waals surface area contributed by atoms with Crippen LogP contribution in [-0.4, -0.2) is 24.0 Å². The van der Waals surface area contributed by atoms with Crippen LogP contribution in [0.4, 0.5) is 0 Å². The molecule has 2 atom stereocenters. The number of amides is 1. The summed E-state index contributed by atoms with van der Waals surface area (Å²) in [6, 6.07) is 7.61. The summed E-state index contributed by atoms with van der Waals surface area (Å²) >= 11 is 0. The van der Waals surface area contributed by atoms with Crippen molar-refractivity contribution >= 4 is 11.9 Å². The number of aliphatic carboxylic acids is 1. The molecule has 0 aliphatic rings. The van der Waals surface area contributed by atoms with E-state index in [9.17, 15) is 14.7 Å². The van der Waals surface area contributed by atoms with Crippen LogP contribution in [0.25, 0.3) is 0 Å². The van der Waals surface area contributed by atoms with Gasteiger partial charge in [-0.05, 0) is 12.0 Å². The summed E-state index contributed by atoms with van der Waals surface area (Å²) in [4.78, 5) is 22.9. The Morgan fingerprint density at radius 2 is 1.84 bits per heavy atom. The van der Waals surface area contributed by atoms with Gasteiger partial charge in [-0.3, -0.25) is 4.79 Å². The highest BCUT2D eigenvalue weighted by molar-refractivity contribution is 5.85. The van der Waals surface area contributed by atoms with Gasteiger partial charge in [0.15, 0.2) is 6.04 Å². The van der Waals surface area contributed by atoms with Gasteiger partial charge >= 0.3 is 0 Å². The lowest BCUT2D eigenvalue weighted by atomic mass is 10.0. The third-order valence-corrected chi connectivity index (χ3v) is 3.03. The number of carbonyl (C=O) groups is 2. The highest BCUT2D eigenvalue weighted by Gasteiger charge is 2.24. The highest BCUT2D eigenvalue weighted by Crippen LogP contribution is 2.04. The predicted octanol–water partition coefficient (Wildman–Crippen LogP) is -1.27. The van der Waals surface area contributed by atoms with Crippen LogP contribution in [0.15, 0.2) is 30.3 Å². The Kier molecular flexibility index (Phi) is 5.51. The molecule has 0 saturated heterocycles. The minimum atomic E-state index is -1.28. The monoisotopic (exact) mass is 264 g/mol. The van der Waals surface area contributed by atoms with Crippen molar-refractivity contribution in [3.63, 3.8) is 0 Å². The molecule has 0 bridgehead atoms. The molecule has 0 radical (unpaired) electrons. The molecule has 19 heavy (non-hydrogen) atoms. The Morgan fingerprint density at radius 3 is 2.32 bits per heavy atom. The molecule has 0 unspecified atom stereocenters. The Morgan fingerprint density at radius 1 is 1.26 bits per heavy atom. The van der Waals surface area contributed by atoms with Crippen molar-refractivity contribution in [3.8, 4) is 0 Å². The zero-order valence-corrected chi connectivity index (χ0v) is 11.3. The van der Waals surface area contributed by atoms with Crippen LogP contribution in [0.5, 0.6) is 0 Å². The zero-order chi connectivity index (χ0) is 14.4. The van der Waals surface area contributed by atoms with Gasteiger partial charge in [-0.15, -0.1) is 0 Å². The van der Waals surface area contributed by atoms with Crippen molar-refractivity contribution in [1.29, 1.82) is 0 Å². The van der Waals surface area contributed by atoms with E-state index in [0.717, 1.165) is 5.56 Å². The first kappa shape index (κ1) is 15.2. The van der Waals surface area contributed by atoms with E-state index >= 15 is 0 Å². The first-order chi connectivity index (χ1) is 8.91. The SMILES string of the molecule is CC(C)[C@H]([NH3+])C(=O)N[C@H](Cc1ccccc1)C(=O)[O-]. The third kappa shape index (κ3) is 4.71. The summed E-state index contributed by atoms with van der Waals surface area (Å²) in [5.74, 6) is -1.59. The summed E-state index contributed by atoms with van der Waals surface area (Å²) in [7, 11) is 0. The van der Waals surface area contributed by atoms with Crippen LogP contribution in [-0.2, 0) is 16.0 Å². The van der Waals surface area contributed by atoms with Crippen LogP contribution in [0.1, 0.15) is 19.4 Å². The number of carboxylic acids is 1. The normalized spacial score (nSPS) is 13.9. The Labute approximate surface area is 112 Å². The average Bonchev–Trinajstić information content (AvgIpc) is 2.37. The van der Waals surface area contributed by atoms with E-state index in [1.54, 1.807) is 0 Å². The number of rotatable bonds is 6. The van der Waals surface area contributed by atoms with Crippen molar-refractivity contribution in [2.45, 2.75) is 32.4 Å². The van der Waals surface area contributed by atoms with Gasteiger partial charge in [0.25, 0.3) is 5.91 Å². The average molecular weight is 264 g/mol. The van der Waals surface area contributed by atoms with Gasteiger partial charge in [0.05, 0.1) is 12.0 Å². The fourth-order valence-corrected chi connectivity index (χ4v) is 1.62. The van der Waals surface area contributed by atoms with E-state index < -0.39 is 18.1 Å². The van der Waals surface area contributed by atoms with Crippen LogP contribution in [0.3, 0.4) is 0 Å². The topological polar surface area (TPSA) is 96.9 Å². The van der Waals surface area contributed by atoms with E-state index in [-0.39, 0.29) is 18.2 Å². The number of carboxylic acid groups (broad SMARTS) is 1. The molecule has 0 saturated carbocycles. The third-order valence-electron chi connectivity index (χ3n) is 3.03. The summed E-state index contributed by atoms with van der Waals surface area (Å²) in [5, 5.41) is 13.6. The van der Waals surface area contributed by atoms with Crippen molar-refractivity contribution < 1.29 is 20.4 Å². The maximum Gasteiger partial charge on any atom is 0.278 e. The van der Waals surface area contributed by atoms with Crippen molar-refractivity contribution in [2.24, 2.45) is 5.92 Å². The van der Waals surface area contributed by atoms with Crippen molar-refractivity contribution in [2.75, 3.05) is 0 Å². The van der Waals surface area contributed by atoms with E-state index in [2.05, 4.69) is 11.1 Å². The molecule has 5 nitrogen and oxygen atoms in total. The summed E-state index contributed by atoms with van der Waals surface area (Å²) in [6.45, 7) is 3.73. The van der Waals surface area contributed by atoms with Gasteiger partial charge in [-0.25, -0.2) is 0 Å². The first-order valence-electron chi connectivity index (χ1n) is 6.30. The minimum absolute atomic E-state index is 0.0547. The first-order valence-corrected chi connectivity index (χ1v) is 6.30. The van der Waals surface area contributed by atoms with Crippen LogP contribution < -0.4 is 16.2 Å². The molecule has 1 aromatic rings. The number of benzene rings is 1. The number of quaternary nitrogens is 1. The lowest BCUT2D eigenvalue weighted by Crippen LogP contribution is -2.71. The molecule has 1 rings (SSSR count). The van der Waals surface area contributed by atoms with Gasteiger partial charge in [-0.2, -0.15) is 0 Å². The molecule has 1 amide bonds. The number of hydrogen-bond acceptors (Lipinski definition) is 3. The van der Waals surface area contributed by atoms with E-state index in [1.165, 1.54) is 0 Å². The zero-order valence-electron chi connectivity index (χ0n) is 11.3. The van der Waals surface area contributed by atoms with Crippen molar-refractivity contribution in [3.05, 3.63) is 35.9 Å². The number of nitrogens with one attached hydrogen (secondary N) is 1. The molecule has 5 heteroatoms. The largest absolute Gasteiger partial charge is 0.548 e. The predicted molar refractivity (Wildman–Crippen MR) is 68.6 cm³/mol. The van der Waals surface area contributed by atoms with E-state index in [4.69, 9.17) is 0 Å². The molecule has 0 spiro atoms. The Bertz CT molecular complexity index is 432. The second-order valence-corrected chi connectivity index (χ2v) is 4.92. The van der Waals surface area contributed by atoms with Gasteiger partial charge in [-0.1, -0.05) is 44.2 Å².